The van der Waals surface area contributed by atoms with E-state index in [-0.39, 0.29) is 11.1 Å². The molecule has 0 unspecified atom stereocenters. The normalized spacial score (nSPS) is 12.1. The molecule has 0 spiro atoms. The van der Waals surface area contributed by atoms with Gasteiger partial charge in [-0.05, 0) is 40.6 Å². The van der Waals surface area contributed by atoms with Crippen molar-refractivity contribution < 1.29 is 8.42 Å². The number of hydrogen-bond donors (Lipinski definition) is 0. The lowest BCUT2D eigenvalue weighted by Crippen LogP contribution is -2.11. The van der Waals surface area contributed by atoms with Crippen molar-refractivity contribution in [3.8, 4) is 11.4 Å². The first kappa shape index (κ1) is 17.0. The standard InChI is InChI=1S/C12H12Cl2IN3O2S/c1-7(2)6-18-11(16-17-12(18)21(14,19)20)8-3-4-10(15)9(13)5-8/h3-5,7H,6H2,1-2H3. The van der Waals surface area contributed by atoms with Gasteiger partial charge in [0.2, 0.25) is 0 Å². The zero-order chi connectivity index (χ0) is 15.8. The second-order valence-electron chi connectivity index (χ2n) is 4.88. The topological polar surface area (TPSA) is 64.8 Å². The minimum absolute atomic E-state index is 0.205. The second kappa shape index (κ2) is 6.39. The maximum absolute atomic E-state index is 11.6. The number of halogens is 3. The highest BCUT2D eigenvalue weighted by Crippen LogP contribution is 2.28. The Bertz CT molecular complexity index is 775. The van der Waals surface area contributed by atoms with Crippen LogP contribution < -0.4 is 0 Å². The van der Waals surface area contributed by atoms with Crippen LogP contribution in [0.2, 0.25) is 5.02 Å². The van der Waals surface area contributed by atoms with E-state index < -0.39 is 9.05 Å². The Morgan fingerprint density at radius 2 is 2.00 bits per heavy atom. The molecule has 5 nitrogen and oxygen atoms in total. The van der Waals surface area contributed by atoms with Crippen molar-refractivity contribution >= 4 is 53.9 Å². The van der Waals surface area contributed by atoms with Gasteiger partial charge in [-0.2, -0.15) is 0 Å². The van der Waals surface area contributed by atoms with Crippen molar-refractivity contribution in [3.05, 3.63) is 26.8 Å². The summed E-state index contributed by atoms with van der Waals surface area (Å²) in [5, 5.41) is 8.01. The van der Waals surface area contributed by atoms with Gasteiger partial charge >= 0.3 is 0 Å². The quantitative estimate of drug-likeness (QED) is 0.515. The Hall–Kier alpha value is -0.380. The first-order chi connectivity index (χ1) is 9.70. The summed E-state index contributed by atoms with van der Waals surface area (Å²) in [6.45, 7) is 4.37. The van der Waals surface area contributed by atoms with Crippen LogP contribution in [0.15, 0.2) is 23.4 Å². The first-order valence-corrected chi connectivity index (χ1v) is 9.80. The third kappa shape index (κ3) is 3.88. The zero-order valence-corrected chi connectivity index (χ0v) is 15.7. The highest BCUT2D eigenvalue weighted by molar-refractivity contribution is 14.1. The Morgan fingerprint density at radius 3 is 2.52 bits per heavy atom. The summed E-state index contributed by atoms with van der Waals surface area (Å²) in [5.41, 5.74) is 0.695. The van der Waals surface area contributed by atoms with Crippen LogP contribution in [0, 0.1) is 9.49 Å². The molecule has 0 radical (unpaired) electrons. The van der Waals surface area contributed by atoms with Crippen LogP contribution in [0.3, 0.4) is 0 Å². The van der Waals surface area contributed by atoms with Gasteiger partial charge < -0.3 is 0 Å². The molecule has 1 heterocycles. The third-order valence-electron chi connectivity index (χ3n) is 2.66. The van der Waals surface area contributed by atoms with Crippen LogP contribution in [0.1, 0.15) is 13.8 Å². The molecule has 0 saturated heterocycles. The van der Waals surface area contributed by atoms with E-state index in [0.717, 1.165) is 3.57 Å². The summed E-state index contributed by atoms with van der Waals surface area (Å²) in [5.74, 6) is 0.637. The average molecular weight is 460 g/mol. The second-order valence-corrected chi connectivity index (χ2v) is 8.91. The highest BCUT2D eigenvalue weighted by Gasteiger charge is 2.24. The minimum atomic E-state index is -3.96. The monoisotopic (exact) mass is 459 g/mol. The molecule has 21 heavy (non-hydrogen) atoms. The molecular weight excluding hydrogens is 448 g/mol. The number of nitrogens with zero attached hydrogens (tertiary/aromatic N) is 3. The van der Waals surface area contributed by atoms with Crippen LogP contribution in [0.4, 0.5) is 0 Å². The largest absolute Gasteiger partial charge is 0.297 e. The minimum Gasteiger partial charge on any atom is -0.297 e. The predicted octanol–water partition coefficient (Wildman–Crippen LogP) is 3.79. The highest BCUT2D eigenvalue weighted by atomic mass is 127. The third-order valence-corrected chi connectivity index (χ3v) is 5.38. The molecule has 0 saturated carbocycles. The lowest BCUT2D eigenvalue weighted by molar-refractivity contribution is 0.488. The van der Waals surface area contributed by atoms with Gasteiger partial charge in [0, 0.05) is 26.4 Å². The SMILES string of the molecule is CC(C)Cn1c(-c2ccc(I)c(Cl)c2)nnc1S(=O)(=O)Cl. The molecule has 0 aliphatic carbocycles. The fourth-order valence-electron chi connectivity index (χ4n) is 1.85. The van der Waals surface area contributed by atoms with Crippen LogP contribution in [0.25, 0.3) is 11.4 Å². The molecule has 0 N–H and O–H groups in total. The molecule has 2 rings (SSSR count). The number of rotatable bonds is 4. The molecule has 0 aliphatic rings. The molecule has 9 heteroatoms. The van der Waals surface area contributed by atoms with E-state index in [0.29, 0.717) is 23.0 Å². The first-order valence-electron chi connectivity index (χ1n) is 6.03. The van der Waals surface area contributed by atoms with E-state index in [1.807, 2.05) is 26.0 Å². The van der Waals surface area contributed by atoms with E-state index in [1.54, 1.807) is 6.07 Å². The molecular formula is C12H12Cl2IN3O2S. The van der Waals surface area contributed by atoms with E-state index in [9.17, 15) is 8.42 Å². The van der Waals surface area contributed by atoms with Crippen molar-refractivity contribution in [2.75, 3.05) is 0 Å². The maximum atomic E-state index is 11.6. The summed E-state index contributed by atoms with van der Waals surface area (Å²) in [7, 11) is 1.47. The molecule has 0 fully saturated rings. The Labute approximate surface area is 146 Å². The summed E-state index contributed by atoms with van der Waals surface area (Å²) in [6.07, 6.45) is 0. The summed E-state index contributed by atoms with van der Waals surface area (Å²) in [6, 6.07) is 5.38. The van der Waals surface area contributed by atoms with Crippen LogP contribution in [0.5, 0.6) is 0 Å². The predicted molar refractivity (Wildman–Crippen MR) is 91.1 cm³/mol. The molecule has 114 valence electrons. The van der Waals surface area contributed by atoms with Gasteiger partial charge in [0.05, 0.1) is 5.02 Å². The lowest BCUT2D eigenvalue weighted by Gasteiger charge is -2.11. The molecule has 1 aromatic heterocycles. The lowest BCUT2D eigenvalue weighted by atomic mass is 10.2. The van der Waals surface area contributed by atoms with Crippen LogP contribution >= 0.6 is 44.9 Å². The van der Waals surface area contributed by atoms with Crippen molar-refractivity contribution in [1.82, 2.24) is 14.8 Å². The maximum Gasteiger partial charge on any atom is 0.296 e. The van der Waals surface area contributed by atoms with Gasteiger partial charge in [0.15, 0.2) is 5.82 Å². The van der Waals surface area contributed by atoms with Crippen molar-refractivity contribution in [2.45, 2.75) is 25.5 Å². The molecule has 1 aromatic carbocycles. The average Bonchev–Trinajstić information content (AvgIpc) is 2.75. The Morgan fingerprint density at radius 1 is 1.33 bits per heavy atom. The summed E-state index contributed by atoms with van der Waals surface area (Å²) < 4.78 is 25.6. The van der Waals surface area contributed by atoms with E-state index >= 15 is 0 Å². The summed E-state index contributed by atoms with van der Waals surface area (Å²) >= 11 is 8.22. The van der Waals surface area contributed by atoms with Gasteiger partial charge in [-0.1, -0.05) is 31.5 Å². The zero-order valence-electron chi connectivity index (χ0n) is 11.2. The van der Waals surface area contributed by atoms with Crippen LogP contribution in [-0.2, 0) is 15.6 Å². The molecule has 2 aromatic rings. The smallest absolute Gasteiger partial charge is 0.296 e. The van der Waals surface area contributed by atoms with Crippen molar-refractivity contribution in [3.63, 3.8) is 0 Å². The number of aromatic nitrogens is 3. The Kier molecular flexibility index (Phi) is 5.17. The number of hydrogen-bond acceptors (Lipinski definition) is 4. The molecule has 0 amide bonds. The van der Waals surface area contributed by atoms with E-state index in [4.69, 9.17) is 22.3 Å². The van der Waals surface area contributed by atoms with Crippen molar-refractivity contribution in [1.29, 1.82) is 0 Å². The summed E-state index contributed by atoms with van der Waals surface area (Å²) in [4.78, 5) is 0. The van der Waals surface area contributed by atoms with Crippen molar-refractivity contribution in [2.24, 2.45) is 5.92 Å². The fraction of sp³-hybridized carbons (Fsp3) is 0.333. The van der Waals surface area contributed by atoms with Gasteiger partial charge in [-0.15, -0.1) is 10.2 Å². The Balaban J connectivity index is 2.63. The number of benzene rings is 1. The van der Waals surface area contributed by atoms with Gasteiger partial charge in [-0.3, -0.25) is 4.57 Å². The molecule has 0 atom stereocenters. The fourth-order valence-corrected chi connectivity index (χ4v) is 3.27. The van der Waals surface area contributed by atoms with Crippen LogP contribution in [-0.4, -0.2) is 23.2 Å². The van der Waals surface area contributed by atoms with Gasteiger partial charge in [-0.25, -0.2) is 8.42 Å². The van der Waals surface area contributed by atoms with E-state index in [1.165, 1.54) is 4.57 Å². The van der Waals surface area contributed by atoms with Gasteiger partial charge in [0.25, 0.3) is 14.2 Å². The van der Waals surface area contributed by atoms with E-state index in [2.05, 4.69) is 32.8 Å². The molecule has 0 aliphatic heterocycles. The molecule has 0 bridgehead atoms. The van der Waals surface area contributed by atoms with Gasteiger partial charge in [0.1, 0.15) is 0 Å².